The Kier molecular flexibility index (Phi) is 5.43. The largest absolute Gasteiger partial charge is 0.507 e. The molecule has 0 unspecified atom stereocenters. The Morgan fingerprint density at radius 1 is 0.708 bits per heavy atom. The van der Waals surface area contributed by atoms with Crippen molar-refractivity contribution in [2.24, 2.45) is 0 Å². The molecule has 0 bridgehead atoms. The second-order valence-corrected chi connectivity index (χ2v) is 4.36. The van der Waals surface area contributed by atoms with E-state index in [4.69, 9.17) is 0 Å². The van der Waals surface area contributed by atoms with E-state index in [9.17, 15) is 46.1 Å². The molecular weight excluding hydrogens is 346 g/mol. The van der Waals surface area contributed by atoms with Gasteiger partial charge >= 0.3 is 12.4 Å². The molecule has 2 N–H and O–H groups in total. The van der Waals surface area contributed by atoms with Crippen LogP contribution in [0.3, 0.4) is 0 Å². The molecule has 1 rings (SSSR count). The molecule has 0 radical (unpaired) electrons. The van der Waals surface area contributed by atoms with Gasteiger partial charge in [0.15, 0.2) is 0 Å². The van der Waals surface area contributed by atoms with E-state index in [1.807, 2.05) is 0 Å². The molecule has 24 heavy (non-hydrogen) atoms. The third-order valence-electron chi connectivity index (χ3n) is 2.57. The van der Waals surface area contributed by atoms with Gasteiger partial charge in [-0.2, -0.15) is 26.3 Å². The molecule has 0 atom stereocenters. The highest BCUT2D eigenvalue weighted by atomic mass is 19.4. The summed E-state index contributed by atoms with van der Waals surface area (Å²) in [4.78, 5) is 21.4. The number of halogens is 6. The van der Waals surface area contributed by atoms with Crippen molar-refractivity contribution in [2.75, 3.05) is 0 Å². The molecule has 0 saturated carbocycles. The maximum atomic E-state index is 12.0. The molecule has 130 valence electrons. The number of rotatable bonds is 4. The zero-order chi connectivity index (χ0) is 18.7. The number of alkyl halides is 6. The van der Waals surface area contributed by atoms with E-state index in [0.29, 0.717) is 0 Å². The molecule has 4 nitrogen and oxygen atoms in total. The Morgan fingerprint density at radius 3 is 1.17 bits per heavy atom. The second kappa shape index (κ2) is 6.77. The van der Waals surface area contributed by atoms with E-state index in [0.717, 1.165) is 24.3 Å². The van der Waals surface area contributed by atoms with E-state index in [-0.39, 0.29) is 23.3 Å². The van der Waals surface area contributed by atoms with Crippen molar-refractivity contribution in [3.8, 4) is 0 Å². The first-order chi connectivity index (χ1) is 10.8. The Morgan fingerprint density at radius 2 is 0.958 bits per heavy atom. The lowest BCUT2D eigenvalue weighted by Crippen LogP contribution is -2.20. The first-order valence-corrected chi connectivity index (χ1v) is 5.97. The van der Waals surface area contributed by atoms with Gasteiger partial charge < -0.3 is 10.2 Å². The number of carbonyl (C=O) groups is 2. The molecule has 0 spiro atoms. The molecule has 10 heteroatoms. The van der Waals surface area contributed by atoms with Crippen molar-refractivity contribution in [3.05, 3.63) is 47.5 Å². The molecular formula is C14H8F6O4. The SMILES string of the molecule is O=C(/C=C(\O)c1ccc(/C(O)=C/C(=O)C(F)(F)F)cc1)C(F)(F)F. The number of ketones is 2. The Balaban J connectivity index is 3.02. The van der Waals surface area contributed by atoms with Gasteiger partial charge in [0.2, 0.25) is 0 Å². The number of allylic oxidation sites excluding steroid dienone is 2. The molecule has 0 heterocycles. The molecule has 0 amide bonds. The highest BCUT2D eigenvalue weighted by molar-refractivity contribution is 6.00. The van der Waals surface area contributed by atoms with Crippen LogP contribution in [0.25, 0.3) is 11.5 Å². The Hall–Kier alpha value is -2.78. The van der Waals surface area contributed by atoms with Gasteiger partial charge in [0, 0.05) is 23.3 Å². The van der Waals surface area contributed by atoms with Gasteiger partial charge in [-0.1, -0.05) is 24.3 Å². The lowest BCUT2D eigenvalue weighted by Gasteiger charge is -2.05. The summed E-state index contributed by atoms with van der Waals surface area (Å²) in [5.74, 6) is -6.66. The minimum Gasteiger partial charge on any atom is -0.507 e. The smallest absolute Gasteiger partial charge is 0.454 e. The lowest BCUT2D eigenvalue weighted by atomic mass is 10.1. The summed E-state index contributed by atoms with van der Waals surface area (Å²) in [6, 6.07) is 3.75. The van der Waals surface area contributed by atoms with Crippen LogP contribution in [0.1, 0.15) is 11.1 Å². The van der Waals surface area contributed by atoms with Gasteiger partial charge in [-0.3, -0.25) is 9.59 Å². The third-order valence-corrected chi connectivity index (χ3v) is 2.57. The van der Waals surface area contributed by atoms with Gasteiger partial charge in [0.05, 0.1) is 0 Å². The van der Waals surface area contributed by atoms with Gasteiger partial charge in [0.1, 0.15) is 11.5 Å². The Bertz CT molecular complexity index is 634. The van der Waals surface area contributed by atoms with Gasteiger partial charge in [-0.25, -0.2) is 0 Å². The summed E-state index contributed by atoms with van der Waals surface area (Å²) in [5, 5.41) is 18.8. The van der Waals surface area contributed by atoms with Gasteiger partial charge in [0.25, 0.3) is 11.6 Å². The monoisotopic (exact) mass is 354 g/mol. The summed E-state index contributed by atoms with van der Waals surface area (Å²) in [6.45, 7) is 0. The second-order valence-electron chi connectivity index (χ2n) is 4.36. The molecule has 0 saturated heterocycles. The van der Waals surface area contributed by atoms with Crippen LogP contribution in [0, 0.1) is 0 Å². The predicted octanol–water partition coefficient (Wildman–Crippen LogP) is 3.75. The molecule has 0 aliphatic heterocycles. The van der Waals surface area contributed by atoms with Crippen molar-refractivity contribution in [1.82, 2.24) is 0 Å². The van der Waals surface area contributed by atoms with Crippen LogP contribution in [0.5, 0.6) is 0 Å². The maximum Gasteiger partial charge on any atom is 0.454 e. The minimum absolute atomic E-state index is 0.0715. The summed E-state index contributed by atoms with van der Waals surface area (Å²) in [5.41, 5.74) is -0.516. The Labute approximate surface area is 130 Å². The first-order valence-electron chi connectivity index (χ1n) is 5.97. The van der Waals surface area contributed by atoms with E-state index >= 15 is 0 Å². The molecule has 1 aromatic carbocycles. The summed E-state index contributed by atoms with van der Waals surface area (Å²) < 4.78 is 72.3. The van der Waals surface area contributed by atoms with Gasteiger partial charge in [-0.15, -0.1) is 0 Å². The first kappa shape index (κ1) is 19.3. The summed E-state index contributed by atoms with van der Waals surface area (Å²) >= 11 is 0. The van der Waals surface area contributed by atoms with Crippen LogP contribution in [-0.2, 0) is 9.59 Å². The number of carbonyl (C=O) groups excluding carboxylic acids is 2. The fourth-order valence-corrected chi connectivity index (χ4v) is 1.39. The highest BCUT2D eigenvalue weighted by Gasteiger charge is 2.37. The van der Waals surface area contributed by atoms with Crippen LogP contribution < -0.4 is 0 Å². The zero-order valence-corrected chi connectivity index (χ0v) is 11.4. The van der Waals surface area contributed by atoms with E-state index in [1.165, 1.54) is 0 Å². The third kappa shape index (κ3) is 5.14. The molecule has 0 aliphatic carbocycles. The fourth-order valence-electron chi connectivity index (χ4n) is 1.39. The van der Waals surface area contributed by atoms with Gasteiger partial charge in [-0.05, 0) is 0 Å². The lowest BCUT2D eigenvalue weighted by molar-refractivity contribution is -0.165. The summed E-state index contributed by atoms with van der Waals surface area (Å²) in [6.07, 6.45) is -10.5. The minimum atomic E-state index is -5.17. The van der Waals surface area contributed by atoms with Crippen molar-refractivity contribution in [1.29, 1.82) is 0 Å². The van der Waals surface area contributed by atoms with Crippen LogP contribution in [0.15, 0.2) is 36.4 Å². The number of aliphatic hydroxyl groups is 2. The maximum absolute atomic E-state index is 12.0. The van der Waals surface area contributed by atoms with E-state index in [1.54, 1.807) is 0 Å². The number of hydrogen-bond donors (Lipinski definition) is 2. The van der Waals surface area contributed by atoms with Crippen LogP contribution in [-0.4, -0.2) is 34.1 Å². The average Bonchev–Trinajstić information content (AvgIpc) is 2.45. The quantitative estimate of drug-likeness (QED) is 0.491. The highest BCUT2D eigenvalue weighted by Crippen LogP contribution is 2.22. The van der Waals surface area contributed by atoms with Crippen LogP contribution in [0.4, 0.5) is 26.3 Å². The standard InChI is InChI=1S/C14H8F6O4/c15-13(16,17)11(23)5-9(21)7-1-2-8(4-3-7)10(22)6-12(24)14(18,19)20/h1-6,21-22H/b9-5-,10-6-. The number of aliphatic hydroxyl groups excluding tert-OH is 2. The van der Waals surface area contributed by atoms with E-state index < -0.39 is 35.4 Å². The van der Waals surface area contributed by atoms with Crippen LogP contribution >= 0.6 is 0 Å². The topological polar surface area (TPSA) is 74.6 Å². The average molecular weight is 354 g/mol. The van der Waals surface area contributed by atoms with Crippen molar-refractivity contribution in [2.45, 2.75) is 12.4 Å². The normalized spacial score (nSPS) is 13.8. The molecule has 0 aliphatic rings. The zero-order valence-electron chi connectivity index (χ0n) is 11.4. The number of hydrogen-bond acceptors (Lipinski definition) is 4. The van der Waals surface area contributed by atoms with Crippen molar-refractivity contribution in [3.63, 3.8) is 0 Å². The molecule has 1 aromatic rings. The summed E-state index contributed by atoms with van der Waals surface area (Å²) in [7, 11) is 0. The van der Waals surface area contributed by atoms with E-state index in [2.05, 4.69) is 0 Å². The molecule has 0 fully saturated rings. The van der Waals surface area contributed by atoms with Crippen molar-refractivity contribution >= 4 is 23.1 Å². The predicted molar refractivity (Wildman–Crippen MR) is 69.8 cm³/mol. The fraction of sp³-hybridized carbons (Fsp3) is 0.143. The number of benzene rings is 1. The molecule has 0 aromatic heterocycles. The van der Waals surface area contributed by atoms with Crippen molar-refractivity contribution < 1.29 is 46.1 Å². The van der Waals surface area contributed by atoms with Crippen LogP contribution in [0.2, 0.25) is 0 Å².